The molecule has 0 heterocycles. The molecule has 0 fully saturated rings. The second-order valence-corrected chi connectivity index (χ2v) is 19.6. The van der Waals surface area contributed by atoms with Crippen molar-refractivity contribution in [1.82, 2.24) is 0 Å². The number of hydrogen-bond donors (Lipinski definition) is 0. The van der Waals surface area contributed by atoms with Crippen LogP contribution < -0.4 is 9.80 Å². The predicted molar refractivity (Wildman–Crippen MR) is 325 cm³/mol. The van der Waals surface area contributed by atoms with Crippen molar-refractivity contribution >= 4 is 88.0 Å². The zero-order chi connectivity index (χ0) is 50.4. The fraction of sp³-hybridized carbons (Fsp3) is 0. The van der Waals surface area contributed by atoms with Gasteiger partial charge < -0.3 is 9.80 Å². The van der Waals surface area contributed by atoms with E-state index in [1.165, 1.54) is 93.0 Å². The van der Waals surface area contributed by atoms with Crippen LogP contribution in [0, 0.1) is 0 Å². The summed E-state index contributed by atoms with van der Waals surface area (Å²) in [7, 11) is 0. The number of para-hydroxylation sites is 3. The van der Waals surface area contributed by atoms with Gasteiger partial charge in [-0.25, -0.2) is 0 Å². The Morgan fingerprint density at radius 1 is 0.158 bits per heavy atom. The molecule has 0 aromatic heterocycles. The highest BCUT2D eigenvalue weighted by atomic mass is 15.1. The molecule has 0 radical (unpaired) electrons. The van der Waals surface area contributed by atoms with Crippen molar-refractivity contribution in [2.75, 3.05) is 9.80 Å². The molecule has 2 nitrogen and oxygen atoms in total. The van der Waals surface area contributed by atoms with Gasteiger partial charge in [-0.05, 0) is 171 Å². The fourth-order valence-corrected chi connectivity index (χ4v) is 11.8. The van der Waals surface area contributed by atoms with Crippen molar-refractivity contribution < 1.29 is 0 Å². The van der Waals surface area contributed by atoms with E-state index in [1.807, 2.05) is 0 Å². The van der Waals surface area contributed by atoms with Crippen LogP contribution in [0.4, 0.5) is 34.1 Å². The van der Waals surface area contributed by atoms with Crippen molar-refractivity contribution in [1.29, 1.82) is 0 Å². The second kappa shape index (κ2) is 19.1. The van der Waals surface area contributed by atoms with Crippen LogP contribution in [0.2, 0.25) is 0 Å². The zero-order valence-electron chi connectivity index (χ0n) is 41.8. The van der Waals surface area contributed by atoms with Gasteiger partial charge in [0.2, 0.25) is 0 Å². The normalized spacial score (nSPS) is 11.4. The SMILES string of the molecule is c1ccc(N(c2ccccc2)c2ccc3c(-c4ccccc4-c4cccc5ccccc45)c4cc(N(c5ccccc5)c5ccc6ccccc6c5)ccc4c(-c4ccccc4-c4cccc5ccccc45)c3c2)cc1. The van der Waals surface area contributed by atoms with Gasteiger partial charge >= 0.3 is 0 Å². The van der Waals surface area contributed by atoms with E-state index in [0.717, 1.165) is 39.5 Å². The predicted octanol–water partition coefficient (Wildman–Crippen LogP) is 21.1. The Balaban J connectivity index is 1.14. The Morgan fingerprint density at radius 3 is 0.961 bits per heavy atom. The van der Waals surface area contributed by atoms with Crippen LogP contribution in [0.5, 0.6) is 0 Å². The zero-order valence-corrected chi connectivity index (χ0v) is 41.8. The summed E-state index contributed by atoms with van der Waals surface area (Å²) in [6.07, 6.45) is 0. The first-order valence-electron chi connectivity index (χ1n) is 26.2. The van der Waals surface area contributed by atoms with Crippen LogP contribution in [-0.4, -0.2) is 0 Å². The summed E-state index contributed by atoms with van der Waals surface area (Å²) in [6, 6.07) is 111. The number of rotatable bonds is 10. The third kappa shape index (κ3) is 7.83. The van der Waals surface area contributed by atoms with Crippen LogP contribution in [0.1, 0.15) is 0 Å². The van der Waals surface area contributed by atoms with Gasteiger partial charge in [-0.2, -0.15) is 0 Å². The number of fused-ring (bicyclic) bond motifs is 5. The van der Waals surface area contributed by atoms with Crippen molar-refractivity contribution in [3.8, 4) is 44.5 Å². The lowest BCUT2D eigenvalue weighted by atomic mass is 9.81. The smallest absolute Gasteiger partial charge is 0.0468 e. The topological polar surface area (TPSA) is 6.48 Å². The first-order chi connectivity index (χ1) is 37.7. The molecule has 14 aromatic rings. The van der Waals surface area contributed by atoms with Gasteiger partial charge in [0.25, 0.3) is 0 Å². The van der Waals surface area contributed by atoms with Gasteiger partial charge in [0.15, 0.2) is 0 Å². The summed E-state index contributed by atoms with van der Waals surface area (Å²) in [6.45, 7) is 0. The highest BCUT2D eigenvalue weighted by Gasteiger charge is 2.25. The van der Waals surface area contributed by atoms with Crippen LogP contribution in [0.3, 0.4) is 0 Å². The largest absolute Gasteiger partial charge is 0.310 e. The molecule has 0 atom stereocenters. The summed E-state index contributed by atoms with van der Waals surface area (Å²) >= 11 is 0. The lowest BCUT2D eigenvalue weighted by Crippen LogP contribution is -2.10. The lowest BCUT2D eigenvalue weighted by molar-refractivity contribution is 1.29. The Morgan fingerprint density at radius 2 is 0.487 bits per heavy atom. The number of benzene rings is 14. The van der Waals surface area contributed by atoms with Crippen LogP contribution in [0.15, 0.2) is 303 Å². The molecule has 2 heteroatoms. The maximum atomic E-state index is 2.46. The van der Waals surface area contributed by atoms with Gasteiger partial charge in [-0.3, -0.25) is 0 Å². The minimum atomic E-state index is 1.07. The molecular weight excluding hydrogens is 917 g/mol. The molecule has 0 spiro atoms. The molecule has 14 rings (SSSR count). The number of anilines is 6. The van der Waals surface area contributed by atoms with Gasteiger partial charge in [-0.15, -0.1) is 0 Å². The van der Waals surface area contributed by atoms with Crippen LogP contribution >= 0.6 is 0 Å². The highest BCUT2D eigenvalue weighted by Crippen LogP contribution is 2.52. The molecule has 14 aromatic carbocycles. The quantitative estimate of drug-likeness (QED) is 0.126. The molecule has 0 unspecified atom stereocenters. The molecule has 0 amide bonds. The van der Waals surface area contributed by atoms with Gasteiger partial charge in [-0.1, -0.05) is 231 Å². The van der Waals surface area contributed by atoms with Gasteiger partial charge in [0.1, 0.15) is 0 Å². The summed E-state index contributed by atoms with van der Waals surface area (Å²) < 4.78 is 0. The average Bonchev–Trinajstić information content (AvgIpc) is 3.54. The van der Waals surface area contributed by atoms with E-state index in [1.54, 1.807) is 0 Å². The van der Waals surface area contributed by atoms with E-state index in [4.69, 9.17) is 0 Å². The first-order valence-corrected chi connectivity index (χ1v) is 26.2. The summed E-state index contributed by atoms with van der Waals surface area (Å²) in [5, 5.41) is 12.0. The fourth-order valence-electron chi connectivity index (χ4n) is 11.8. The van der Waals surface area contributed by atoms with Gasteiger partial charge in [0.05, 0.1) is 0 Å². The first kappa shape index (κ1) is 44.7. The molecule has 0 bridgehead atoms. The molecular formula is C74H50N2. The minimum Gasteiger partial charge on any atom is -0.310 e. The average molecular weight is 967 g/mol. The molecule has 0 saturated heterocycles. The van der Waals surface area contributed by atoms with E-state index >= 15 is 0 Å². The third-order valence-electron chi connectivity index (χ3n) is 15.2. The maximum Gasteiger partial charge on any atom is 0.0468 e. The molecule has 0 aliphatic rings. The van der Waals surface area contributed by atoms with E-state index in [9.17, 15) is 0 Å². The summed E-state index contributed by atoms with van der Waals surface area (Å²) in [4.78, 5) is 4.80. The van der Waals surface area contributed by atoms with Crippen LogP contribution in [0.25, 0.3) is 98.4 Å². The summed E-state index contributed by atoms with van der Waals surface area (Å²) in [5.74, 6) is 0. The third-order valence-corrected chi connectivity index (χ3v) is 15.2. The van der Waals surface area contributed by atoms with Crippen molar-refractivity contribution in [3.63, 3.8) is 0 Å². The Bertz CT molecular complexity index is 4420. The Hall–Kier alpha value is -10.0. The molecule has 0 saturated carbocycles. The molecule has 0 aliphatic carbocycles. The van der Waals surface area contributed by atoms with Crippen LogP contribution in [-0.2, 0) is 0 Å². The van der Waals surface area contributed by atoms with E-state index < -0.39 is 0 Å². The van der Waals surface area contributed by atoms with Crippen molar-refractivity contribution in [3.05, 3.63) is 303 Å². The minimum absolute atomic E-state index is 1.07. The van der Waals surface area contributed by atoms with E-state index in [2.05, 4.69) is 313 Å². The van der Waals surface area contributed by atoms with E-state index in [0.29, 0.717) is 0 Å². The van der Waals surface area contributed by atoms with Crippen molar-refractivity contribution in [2.24, 2.45) is 0 Å². The number of hydrogen-bond acceptors (Lipinski definition) is 2. The second-order valence-electron chi connectivity index (χ2n) is 19.6. The maximum absolute atomic E-state index is 2.46. The molecule has 76 heavy (non-hydrogen) atoms. The molecule has 0 N–H and O–H groups in total. The van der Waals surface area contributed by atoms with Gasteiger partial charge in [0, 0.05) is 34.1 Å². The highest BCUT2D eigenvalue weighted by molar-refractivity contribution is 6.25. The monoisotopic (exact) mass is 966 g/mol. The van der Waals surface area contributed by atoms with Crippen molar-refractivity contribution in [2.45, 2.75) is 0 Å². The summed E-state index contributed by atoms with van der Waals surface area (Å²) in [5.41, 5.74) is 16.0. The Labute approximate surface area is 443 Å². The van der Waals surface area contributed by atoms with E-state index in [-0.39, 0.29) is 0 Å². The Kier molecular flexibility index (Phi) is 11.2. The standard InChI is InChI=1S/C74H50N2/c1-4-28-55(29-5-1)75(56-30-6-2-7-31-56)59-44-46-69-71(49-59)73(67-38-18-16-36-65(67)63-40-20-26-52-23-12-14-34-61(52)63)70-47-45-60(76(57-32-8-3-9-33-57)58-43-42-51-22-10-11-25-54(51)48-58)50-72(70)74(69)68-39-19-17-37-66(68)64-41-21-27-53-24-13-15-35-62(53)64/h1-50H. The number of nitrogens with zero attached hydrogens (tertiary/aromatic N) is 2. The molecule has 356 valence electrons. The molecule has 0 aliphatic heterocycles. The lowest BCUT2D eigenvalue weighted by Gasteiger charge is -2.29.